The molecule has 0 aliphatic heterocycles. The highest BCUT2D eigenvalue weighted by molar-refractivity contribution is 5.84. The summed E-state index contributed by atoms with van der Waals surface area (Å²) in [4.78, 5) is 24.9. The summed E-state index contributed by atoms with van der Waals surface area (Å²) in [5.41, 5.74) is -0.763. The van der Waals surface area contributed by atoms with Gasteiger partial charge >= 0.3 is 6.09 Å². The lowest BCUT2D eigenvalue weighted by molar-refractivity contribution is 0.0635. The van der Waals surface area contributed by atoms with Crippen LogP contribution in [0.4, 0.5) is 10.5 Å². The first-order valence-electron chi connectivity index (χ1n) is 7.56. The van der Waals surface area contributed by atoms with Crippen LogP contribution in [-0.4, -0.2) is 16.7 Å². The van der Waals surface area contributed by atoms with E-state index < -0.39 is 11.7 Å². The number of hydrogen-bond acceptors (Lipinski definition) is 3. The van der Waals surface area contributed by atoms with Crippen molar-refractivity contribution >= 4 is 11.8 Å². The van der Waals surface area contributed by atoms with Gasteiger partial charge in [0.25, 0.3) is 5.56 Å². The van der Waals surface area contributed by atoms with Crippen molar-refractivity contribution in [3.05, 3.63) is 28.7 Å². The minimum Gasteiger partial charge on any atom is -0.444 e. The topological polar surface area (TPSA) is 71.2 Å². The molecule has 0 saturated heterocycles. The fourth-order valence-corrected chi connectivity index (χ4v) is 1.99. The second kappa shape index (κ2) is 8.49. The maximum atomic E-state index is 11.3. The lowest BCUT2D eigenvalue weighted by Crippen LogP contribution is -2.29. The number of carbonyl (C=O) groups excluding carboxylic acids is 1. The van der Waals surface area contributed by atoms with Crippen molar-refractivity contribution in [3.63, 3.8) is 0 Å². The number of aromatic amines is 1. The fraction of sp³-hybridized carbons (Fsp3) is 0.625. The van der Waals surface area contributed by atoms with Crippen molar-refractivity contribution < 1.29 is 9.53 Å². The van der Waals surface area contributed by atoms with E-state index in [1.165, 1.54) is 50.8 Å². The zero-order valence-corrected chi connectivity index (χ0v) is 13.2. The number of hydrogen-bond donors (Lipinski definition) is 2. The standard InChI is InChI=1S/C10H14N2O3.C6H12/c1-10(2,3)15-9(14)12-7-5-4-6-11-8(7)13;1-2-4-6-5-3-1/h4-6H,1-3H3,(H,11,13)(H,12,14);1-6H2. The first-order valence-corrected chi connectivity index (χ1v) is 7.56. The van der Waals surface area contributed by atoms with Crippen molar-refractivity contribution in [3.8, 4) is 0 Å². The quantitative estimate of drug-likeness (QED) is 0.820. The number of ether oxygens (including phenoxy) is 1. The molecule has 5 heteroatoms. The minimum absolute atomic E-state index is 0.173. The van der Waals surface area contributed by atoms with Crippen molar-refractivity contribution in [1.29, 1.82) is 0 Å². The van der Waals surface area contributed by atoms with Crippen molar-refractivity contribution in [2.75, 3.05) is 5.32 Å². The molecule has 1 aliphatic rings. The molecule has 0 atom stereocenters. The van der Waals surface area contributed by atoms with Gasteiger partial charge in [-0.1, -0.05) is 38.5 Å². The van der Waals surface area contributed by atoms with Gasteiger partial charge in [0.15, 0.2) is 0 Å². The molecule has 0 radical (unpaired) electrons. The number of amides is 1. The molecule has 5 nitrogen and oxygen atoms in total. The molecule has 2 rings (SSSR count). The summed E-state index contributed by atoms with van der Waals surface area (Å²) in [5.74, 6) is 0. The summed E-state index contributed by atoms with van der Waals surface area (Å²) < 4.78 is 4.99. The number of nitrogens with one attached hydrogen (secondary N) is 2. The van der Waals surface area contributed by atoms with Crippen LogP contribution in [0.1, 0.15) is 59.3 Å². The molecule has 118 valence electrons. The molecular weight excluding hydrogens is 268 g/mol. The third-order valence-corrected chi connectivity index (χ3v) is 2.95. The third-order valence-electron chi connectivity index (χ3n) is 2.95. The molecule has 2 N–H and O–H groups in total. The average Bonchev–Trinajstić information content (AvgIpc) is 2.42. The molecule has 0 spiro atoms. The molecule has 1 heterocycles. The van der Waals surface area contributed by atoms with Crippen LogP contribution in [0.3, 0.4) is 0 Å². The van der Waals surface area contributed by atoms with Gasteiger partial charge in [-0.2, -0.15) is 0 Å². The van der Waals surface area contributed by atoms with E-state index in [0.717, 1.165) is 0 Å². The monoisotopic (exact) mass is 294 g/mol. The number of carbonyl (C=O) groups is 1. The zero-order valence-electron chi connectivity index (χ0n) is 13.2. The first-order chi connectivity index (χ1) is 9.88. The van der Waals surface area contributed by atoms with Crippen LogP contribution in [0.5, 0.6) is 0 Å². The highest BCUT2D eigenvalue weighted by atomic mass is 16.6. The van der Waals surface area contributed by atoms with Gasteiger partial charge < -0.3 is 9.72 Å². The zero-order chi connectivity index (χ0) is 15.7. The highest BCUT2D eigenvalue weighted by Gasteiger charge is 2.16. The average molecular weight is 294 g/mol. The van der Waals surface area contributed by atoms with E-state index in [1.807, 2.05) is 0 Å². The summed E-state index contributed by atoms with van der Waals surface area (Å²) in [6, 6.07) is 3.12. The summed E-state index contributed by atoms with van der Waals surface area (Å²) in [6.45, 7) is 5.26. The molecule has 1 aliphatic carbocycles. The van der Waals surface area contributed by atoms with Crippen molar-refractivity contribution in [2.24, 2.45) is 0 Å². The fourth-order valence-electron chi connectivity index (χ4n) is 1.99. The highest BCUT2D eigenvalue weighted by Crippen LogP contribution is 2.15. The van der Waals surface area contributed by atoms with E-state index in [4.69, 9.17) is 4.74 Å². The van der Waals surface area contributed by atoms with Gasteiger partial charge in [0, 0.05) is 6.20 Å². The predicted octanol–water partition coefficient (Wildman–Crippen LogP) is 4.06. The van der Waals surface area contributed by atoms with Gasteiger partial charge in [-0.3, -0.25) is 10.1 Å². The van der Waals surface area contributed by atoms with Crippen molar-refractivity contribution in [1.82, 2.24) is 4.98 Å². The van der Waals surface area contributed by atoms with Gasteiger partial charge in [0.1, 0.15) is 11.3 Å². The number of rotatable bonds is 1. The Balaban J connectivity index is 0.000000304. The lowest BCUT2D eigenvalue weighted by atomic mass is 10.0. The number of anilines is 1. The van der Waals surface area contributed by atoms with Gasteiger partial charge in [-0.05, 0) is 32.9 Å². The van der Waals surface area contributed by atoms with Crippen LogP contribution >= 0.6 is 0 Å². The van der Waals surface area contributed by atoms with E-state index in [0.29, 0.717) is 0 Å². The van der Waals surface area contributed by atoms with Crippen LogP contribution < -0.4 is 10.9 Å². The normalized spacial score (nSPS) is 14.6. The molecular formula is C16H26N2O3. The molecule has 21 heavy (non-hydrogen) atoms. The molecule has 1 fully saturated rings. The van der Waals surface area contributed by atoms with E-state index >= 15 is 0 Å². The SMILES string of the molecule is C1CCCCC1.CC(C)(C)OC(=O)Nc1ccc[nH]c1=O. The number of pyridine rings is 1. The molecule has 1 amide bonds. The van der Waals surface area contributed by atoms with Crippen LogP contribution in [0.25, 0.3) is 0 Å². The Morgan fingerprint density at radius 3 is 2.10 bits per heavy atom. The minimum atomic E-state index is -0.640. The summed E-state index contributed by atoms with van der Waals surface area (Å²) >= 11 is 0. The Labute approximate surface area is 126 Å². The Morgan fingerprint density at radius 2 is 1.67 bits per heavy atom. The lowest BCUT2D eigenvalue weighted by Gasteiger charge is -2.19. The van der Waals surface area contributed by atoms with Gasteiger partial charge in [-0.25, -0.2) is 4.79 Å². The largest absolute Gasteiger partial charge is 0.444 e. The molecule has 0 aromatic carbocycles. The van der Waals surface area contributed by atoms with Crippen LogP contribution in [0.2, 0.25) is 0 Å². The summed E-state index contributed by atoms with van der Waals surface area (Å²) in [5, 5.41) is 2.36. The van der Waals surface area contributed by atoms with E-state index in [9.17, 15) is 9.59 Å². The molecule has 1 aromatic heterocycles. The molecule has 1 saturated carbocycles. The number of H-pyrrole nitrogens is 1. The second-order valence-electron chi connectivity index (χ2n) is 6.16. The summed E-state index contributed by atoms with van der Waals surface area (Å²) in [7, 11) is 0. The van der Waals surface area contributed by atoms with Crippen molar-refractivity contribution in [2.45, 2.75) is 64.9 Å². The van der Waals surface area contributed by atoms with Crippen LogP contribution in [0.15, 0.2) is 23.1 Å². The van der Waals surface area contributed by atoms with Gasteiger partial charge in [0.2, 0.25) is 0 Å². The van der Waals surface area contributed by atoms with E-state index in [2.05, 4.69) is 10.3 Å². The molecule has 0 bridgehead atoms. The second-order valence-corrected chi connectivity index (χ2v) is 6.16. The maximum absolute atomic E-state index is 11.3. The molecule has 0 unspecified atom stereocenters. The van der Waals surface area contributed by atoms with Crippen LogP contribution in [0, 0.1) is 0 Å². The van der Waals surface area contributed by atoms with Crippen LogP contribution in [-0.2, 0) is 4.74 Å². The van der Waals surface area contributed by atoms with E-state index in [-0.39, 0.29) is 11.2 Å². The summed E-state index contributed by atoms with van der Waals surface area (Å²) in [6.07, 6.45) is 9.85. The Morgan fingerprint density at radius 1 is 1.14 bits per heavy atom. The Hall–Kier alpha value is -1.78. The van der Waals surface area contributed by atoms with Gasteiger partial charge in [0.05, 0.1) is 0 Å². The third kappa shape index (κ3) is 8.17. The van der Waals surface area contributed by atoms with E-state index in [1.54, 1.807) is 26.8 Å². The molecule has 1 aromatic rings. The predicted molar refractivity (Wildman–Crippen MR) is 84.6 cm³/mol. The van der Waals surface area contributed by atoms with Gasteiger partial charge in [-0.15, -0.1) is 0 Å². The smallest absolute Gasteiger partial charge is 0.412 e. The Kier molecular flexibility index (Phi) is 6.99. The first kappa shape index (κ1) is 17.3. The maximum Gasteiger partial charge on any atom is 0.412 e. The Bertz CT molecular complexity index is 473. The number of aromatic nitrogens is 1.